The second-order valence-electron chi connectivity index (χ2n) is 6.61. The average molecular weight is 359 g/mol. The van der Waals surface area contributed by atoms with Gasteiger partial charge in [-0.15, -0.1) is 36.2 Å². The Bertz CT molecular complexity index is 670. The molecule has 2 aromatic rings. The third-order valence-electron chi connectivity index (χ3n) is 5.17. The number of likely N-dealkylation sites (tertiary alicyclic amines) is 1. The predicted octanol–water partition coefficient (Wildman–Crippen LogP) is 4.40. The molecule has 2 heterocycles. The number of piperidine rings is 1. The van der Waals surface area contributed by atoms with E-state index in [2.05, 4.69) is 55.1 Å². The highest BCUT2D eigenvalue weighted by atomic mass is 35.5. The van der Waals surface area contributed by atoms with Gasteiger partial charge in [0.05, 0.1) is 0 Å². The van der Waals surface area contributed by atoms with Gasteiger partial charge in [0, 0.05) is 47.9 Å². The SMILES string of the molecule is CCN1CC2CC2(c2cc3cc(N(C)C)ccc3s2)C1.Cl.Cl. The lowest BCUT2D eigenvalue weighted by molar-refractivity contribution is 0.315. The van der Waals surface area contributed by atoms with Crippen LogP contribution in [-0.2, 0) is 5.41 Å². The van der Waals surface area contributed by atoms with Crippen LogP contribution in [0.5, 0.6) is 0 Å². The van der Waals surface area contributed by atoms with Gasteiger partial charge in [0.1, 0.15) is 0 Å². The molecule has 2 fully saturated rings. The fourth-order valence-corrected chi connectivity index (χ4v) is 5.08. The summed E-state index contributed by atoms with van der Waals surface area (Å²) in [5.74, 6) is 0.920. The second-order valence-corrected chi connectivity index (χ2v) is 7.70. The molecule has 1 saturated heterocycles. The smallest absolute Gasteiger partial charge is 0.0368 e. The number of nitrogens with zero attached hydrogens (tertiary/aromatic N) is 2. The Morgan fingerprint density at radius 3 is 2.68 bits per heavy atom. The quantitative estimate of drug-likeness (QED) is 0.801. The first-order valence-corrected chi connectivity index (χ1v) is 8.38. The highest BCUT2D eigenvalue weighted by molar-refractivity contribution is 7.19. The van der Waals surface area contributed by atoms with Crippen LogP contribution in [-0.4, -0.2) is 38.6 Å². The van der Waals surface area contributed by atoms with E-state index in [0.29, 0.717) is 5.41 Å². The van der Waals surface area contributed by atoms with Crippen LogP contribution in [0.2, 0.25) is 0 Å². The van der Waals surface area contributed by atoms with Gasteiger partial charge in [-0.25, -0.2) is 0 Å². The van der Waals surface area contributed by atoms with E-state index >= 15 is 0 Å². The summed E-state index contributed by atoms with van der Waals surface area (Å²) in [7, 11) is 4.22. The fourth-order valence-electron chi connectivity index (χ4n) is 3.76. The summed E-state index contributed by atoms with van der Waals surface area (Å²) in [6.07, 6.45) is 1.41. The molecule has 1 saturated carbocycles. The molecule has 0 spiro atoms. The van der Waals surface area contributed by atoms with Crippen LogP contribution in [0.1, 0.15) is 18.2 Å². The Morgan fingerprint density at radius 1 is 1.27 bits per heavy atom. The highest BCUT2D eigenvalue weighted by Crippen LogP contribution is 2.60. The van der Waals surface area contributed by atoms with E-state index in [1.807, 2.05) is 11.3 Å². The van der Waals surface area contributed by atoms with Crippen LogP contribution >= 0.6 is 36.2 Å². The molecule has 2 atom stereocenters. The molecule has 4 rings (SSSR count). The van der Waals surface area contributed by atoms with Gasteiger partial charge in [-0.3, -0.25) is 0 Å². The summed E-state index contributed by atoms with van der Waals surface area (Å²) in [6, 6.07) is 9.32. The summed E-state index contributed by atoms with van der Waals surface area (Å²) in [6.45, 7) is 6.08. The van der Waals surface area contributed by atoms with Gasteiger partial charge in [-0.2, -0.15) is 0 Å². The van der Waals surface area contributed by atoms with Crippen LogP contribution in [0.3, 0.4) is 0 Å². The van der Waals surface area contributed by atoms with Crippen LogP contribution in [0.15, 0.2) is 24.3 Å². The van der Waals surface area contributed by atoms with Crippen molar-refractivity contribution in [1.29, 1.82) is 0 Å². The van der Waals surface area contributed by atoms with Crippen molar-refractivity contribution in [2.75, 3.05) is 38.6 Å². The molecule has 22 heavy (non-hydrogen) atoms. The van der Waals surface area contributed by atoms with E-state index in [0.717, 1.165) is 5.92 Å². The van der Waals surface area contributed by atoms with Crippen molar-refractivity contribution in [2.24, 2.45) is 5.92 Å². The molecule has 2 aliphatic rings. The highest BCUT2D eigenvalue weighted by Gasteiger charge is 2.61. The molecule has 2 nitrogen and oxygen atoms in total. The van der Waals surface area contributed by atoms with Crippen molar-refractivity contribution in [2.45, 2.75) is 18.8 Å². The van der Waals surface area contributed by atoms with Crippen molar-refractivity contribution < 1.29 is 0 Å². The molecule has 2 unspecified atom stereocenters. The van der Waals surface area contributed by atoms with Gasteiger partial charge in [-0.1, -0.05) is 6.92 Å². The molecule has 122 valence electrons. The van der Waals surface area contributed by atoms with Gasteiger partial charge < -0.3 is 9.80 Å². The molecule has 1 aliphatic carbocycles. The van der Waals surface area contributed by atoms with E-state index in [9.17, 15) is 0 Å². The molecule has 0 amide bonds. The number of likely N-dealkylation sites (N-methyl/N-ethyl adjacent to an activating group) is 1. The molecule has 1 aliphatic heterocycles. The number of hydrogen-bond acceptors (Lipinski definition) is 3. The van der Waals surface area contributed by atoms with E-state index in [1.165, 1.54) is 41.8 Å². The lowest BCUT2D eigenvalue weighted by atomic mass is 10.0. The van der Waals surface area contributed by atoms with E-state index in [4.69, 9.17) is 0 Å². The van der Waals surface area contributed by atoms with Gasteiger partial charge in [-0.05, 0) is 48.5 Å². The van der Waals surface area contributed by atoms with Gasteiger partial charge >= 0.3 is 0 Å². The Labute approximate surface area is 149 Å². The third kappa shape index (κ3) is 2.62. The minimum Gasteiger partial charge on any atom is -0.378 e. The fraction of sp³-hybridized carbons (Fsp3) is 0.529. The van der Waals surface area contributed by atoms with Crippen molar-refractivity contribution in [3.05, 3.63) is 29.1 Å². The molecule has 0 radical (unpaired) electrons. The summed E-state index contributed by atoms with van der Waals surface area (Å²) in [4.78, 5) is 6.43. The van der Waals surface area contributed by atoms with Gasteiger partial charge in [0.2, 0.25) is 0 Å². The molecule has 0 bridgehead atoms. The lowest BCUT2D eigenvalue weighted by Crippen LogP contribution is -2.25. The van der Waals surface area contributed by atoms with Crippen molar-refractivity contribution in [3.8, 4) is 0 Å². The normalized spacial score (nSPS) is 26.2. The third-order valence-corrected chi connectivity index (χ3v) is 6.51. The minimum absolute atomic E-state index is 0. The molecule has 0 N–H and O–H groups in total. The summed E-state index contributed by atoms with van der Waals surface area (Å²) < 4.78 is 1.44. The Balaban J connectivity index is 0.000000882. The van der Waals surface area contributed by atoms with Crippen molar-refractivity contribution in [3.63, 3.8) is 0 Å². The van der Waals surface area contributed by atoms with E-state index < -0.39 is 0 Å². The zero-order valence-corrected chi connectivity index (χ0v) is 15.8. The first-order valence-electron chi connectivity index (χ1n) is 7.56. The maximum absolute atomic E-state index is 2.61. The molecule has 1 aromatic heterocycles. The first-order chi connectivity index (χ1) is 9.62. The average Bonchev–Trinajstić information content (AvgIpc) is 2.86. The Morgan fingerprint density at radius 2 is 2.05 bits per heavy atom. The van der Waals surface area contributed by atoms with Gasteiger partial charge in [0.25, 0.3) is 0 Å². The summed E-state index contributed by atoms with van der Waals surface area (Å²) >= 11 is 2.02. The van der Waals surface area contributed by atoms with Crippen LogP contribution < -0.4 is 4.90 Å². The zero-order chi connectivity index (χ0) is 13.9. The molecular weight excluding hydrogens is 335 g/mol. The first kappa shape index (κ1) is 17.9. The van der Waals surface area contributed by atoms with Crippen LogP contribution in [0.25, 0.3) is 10.1 Å². The van der Waals surface area contributed by atoms with E-state index in [-0.39, 0.29) is 24.8 Å². The van der Waals surface area contributed by atoms with Crippen molar-refractivity contribution in [1.82, 2.24) is 4.90 Å². The topological polar surface area (TPSA) is 6.48 Å². The number of thiophene rings is 1. The summed E-state index contributed by atoms with van der Waals surface area (Å²) in [5.41, 5.74) is 1.81. The Kier molecular flexibility index (Phi) is 5.03. The lowest BCUT2D eigenvalue weighted by Gasteiger charge is -2.17. The number of fused-ring (bicyclic) bond motifs is 2. The summed E-state index contributed by atoms with van der Waals surface area (Å²) in [5, 5.41) is 1.42. The van der Waals surface area contributed by atoms with Crippen LogP contribution in [0.4, 0.5) is 5.69 Å². The number of anilines is 1. The predicted molar refractivity (Wildman–Crippen MR) is 103 cm³/mol. The second kappa shape index (κ2) is 6.20. The maximum Gasteiger partial charge on any atom is 0.0368 e. The molecule has 1 aromatic carbocycles. The zero-order valence-electron chi connectivity index (χ0n) is 13.3. The number of halogens is 2. The monoisotopic (exact) mass is 358 g/mol. The maximum atomic E-state index is 2.61. The number of benzene rings is 1. The molecular formula is C17H24Cl2N2S. The van der Waals surface area contributed by atoms with Crippen LogP contribution in [0, 0.1) is 5.92 Å². The standard InChI is InChI=1S/C17H22N2S.2ClH/c1-4-19-10-13-9-17(13,11-19)16-8-12-7-14(18(2)3)5-6-15(12)20-16;;/h5-8,13H,4,9-11H2,1-3H3;2*1H. The minimum atomic E-state index is 0. The molecule has 5 heteroatoms. The number of rotatable bonds is 3. The van der Waals surface area contributed by atoms with Gasteiger partial charge in [0.15, 0.2) is 0 Å². The Hall–Kier alpha value is -0.480. The number of hydrogen-bond donors (Lipinski definition) is 0. The largest absolute Gasteiger partial charge is 0.378 e. The van der Waals surface area contributed by atoms with Crippen molar-refractivity contribution >= 4 is 51.9 Å². The van der Waals surface area contributed by atoms with E-state index in [1.54, 1.807) is 4.88 Å².